The zero-order valence-electron chi connectivity index (χ0n) is 13.1. The molecule has 0 radical (unpaired) electrons. The van der Waals surface area contributed by atoms with Crippen molar-refractivity contribution in [3.63, 3.8) is 0 Å². The number of rotatable bonds is 6. The molecule has 7 nitrogen and oxygen atoms in total. The van der Waals surface area contributed by atoms with Crippen molar-refractivity contribution in [3.05, 3.63) is 52.0 Å². The van der Waals surface area contributed by atoms with Crippen LogP contribution in [0.1, 0.15) is 15.2 Å². The fourth-order valence-corrected chi connectivity index (χ4v) is 2.60. The number of nitrogens with one attached hydrogen (secondary N) is 2. The van der Waals surface area contributed by atoms with Gasteiger partial charge in [0.15, 0.2) is 6.61 Å². The number of ether oxygens (including phenoxy) is 1. The lowest BCUT2D eigenvalue weighted by atomic mass is 10.2. The average molecular weight is 365 g/mol. The Morgan fingerprint density at radius 1 is 1.24 bits per heavy atom. The smallest absolute Gasteiger partial charge is 0.340 e. The molecule has 1 aromatic heterocycles. The van der Waals surface area contributed by atoms with Gasteiger partial charge < -0.3 is 15.8 Å². The van der Waals surface area contributed by atoms with E-state index in [0.29, 0.717) is 13.0 Å². The molecule has 0 fully saturated rings. The second-order valence-corrected chi connectivity index (χ2v) is 5.97. The lowest BCUT2D eigenvalue weighted by Crippen LogP contribution is -2.42. The number of thiophene rings is 1. The van der Waals surface area contributed by atoms with Crippen molar-refractivity contribution in [2.24, 2.45) is 0 Å². The van der Waals surface area contributed by atoms with Gasteiger partial charge in [0.05, 0.1) is 5.56 Å². The third kappa shape index (κ3) is 5.88. The highest BCUT2D eigenvalue weighted by atomic mass is 32.1. The van der Waals surface area contributed by atoms with Crippen LogP contribution in [0.3, 0.4) is 0 Å². The Morgan fingerprint density at radius 3 is 2.72 bits per heavy atom. The molecular formula is C16H16FN3O4S. The number of urea groups is 1. The number of amides is 3. The van der Waals surface area contributed by atoms with Crippen LogP contribution < -0.4 is 16.4 Å². The highest BCUT2D eigenvalue weighted by Crippen LogP contribution is 2.14. The van der Waals surface area contributed by atoms with E-state index >= 15 is 0 Å². The maximum absolute atomic E-state index is 12.9. The molecule has 0 saturated heterocycles. The minimum Gasteiger partial charge on any atom is -0.452 e. The van der Waals surface area contributed by atoms with Gasteiger partial charge in [0.25, 0.3) is 5.91 Å². The molecule has 0 aliphatic heterocycles. The molecule has 2 rings (SSSR count). The molecule has 25 heavy (non-hydrogen) atoms. The van der Waals surface area contributed by atoms with Crippen molar-refractivity contribution < 1.29 is 23.5 Å². The van der Waals surface area contributed by atoms with Crippen LogP contribution in [-0.2, 0) is 16.0 Å². The third-order valence-corrected chi connectivity index (χ3v) is 3.99. The van der Waals surface area contributed by atoms with Crippen molar-refractivity contribution in [1.82, 2.24) is 10.6 Å². The number of anilines is 1. The molecule has 0 atom stereocenters. The molecular weight excluding hydrogens is 349 g/mol. The number of benzene rings is 1. The lowest BCUT2D eigenvalue weighted by Gasteiger charge is -2.08. The van der Waals surface area contributed by atoms with Gasteiger partial charge in [-0.25, -0.2) is 14.0 Å². The van der Waals surface area contributed by atoms with Crippen LogP contribution in [0.2, 0.25) is 0 Å². The van der Waals surface area contributed by atoms with E-state index in [9.17, 15) is 18.8 Å². The summed E-state index contributed by atoms with van der Waals surface area (Å²) < 4.78 is 17.7. The molecule has 2 aromatic rings. The van der Waals surface area contributed by atoms with Gasteiger partial charge in [-0.05, 0) is 36.1 Å². The molecule has 0 bridgehead atoms. The summed E-state index contributed by atoms with van der Waals surface area (Å²) in [6.45, 7) is -0.292. The SMILES string of the molecule is Nc1cc(F)ccc1C(=O)OCC(=O)NC(=O)NCCc1cccs1. The summed E-state index contributed by atoms with van der Waals surface area (Å²) in [5.74, 6) is -2.26. The normalized spacial score (nSPS) is 10.1. The quantitative estimate of drug-likeness (QED) is 0.533. The first-order chi connectivity index (χ1) is 12.0. The van der Waals surface area contributed by atoms with Crippen molar-refractivity contribution in [1.29, 1.82) is 0 Å². The molecule has 0 saturated carbocycles. The van der Waals surface area contributed by atoms with E-state index < -0.39 is 30.3 Å². The monoisotopic (exact) mass is 365 g/mol. The van der Waals surface area contributed by atoms with Gasteiger partial charge in [0.1, 0.15) is 5.82 Å². The van der Waals surface area contributed by atoms with Crippen molar-refractivity contribution in [3.8, 4) is 0 Å². The number of halogens is 1. The van der Waals surface area contributed by atoms with Gasteiger partial charge in [-0.1, -0.05) is 6.07 Å². The van der Waals surface area contributed by atoms with Crippen molar-refractivity contribution >= 4 is 34.9 Å². The van der Waals surface area contributed by atoms with Crippen molar-refractivity contribution in [2.45, 2.75) is 6.42 Å². The largest absolute Gasteiger partial charge is 0.452 e. The summed E-state index contributed by atoms with van der Waals surface area (Å²) in [4.78, 5) is 36.0. The number of nitrogens with two attached hydrogens (primary N) is 1. The molecule has 0 aliphatic carbocycles. The van der Waals surface area contributed by atoms with Gasteiger partial charge in [-0.2, -0.15) is 0 Å². The first-order valence-corrected chi connectivity index (χ1v) is 8.16. The van der Waals surface area contributed by atoms with Crippen LogP contribution in [0.4, 0.5) is 14.9 Å². The number of esters is 1. The summed E-state index contributed by atoms with van der Waals surface area (Å²) >= 11 is 1.57. The Morgan fingerprint density at radius 2 is 2.04 bits per heavy atom. The molecule has 4 N–H and O–H groups in total. The first kappa shape index (κ1) is 18.4. The summed E-state index contributed by atoms with van der Waals surface area (Å²) in [6.07, 6.45) is 0.651. The average Bonchev–Trinajstić information content (AvgIpc) is 3.06. The van der Waals surface area contributed by atoms with Gasteiger partial charge in [-0.15, -0.1) is 11.3 Å². The standard InChI is InChI=1S/C16H16FN3O4S/c17-10-3-4-12(13(18)8-10)15(22)24-9-14(21)20-16(23)19-6-5-11-2-1-7-25-11/h1-4,7-8H,5-6,9,18H2,(H2,19,20,21,23). The van der Waals surface area contributed by atoms with E-state index in [-0.39, 0.29) is 11.3 Å². The predicted molar refractivity (Wildman–Crippen MR) is 90.7 cm³/mol. The Labute approximate surface area is 147 Å². The van der Waals surface area contributed by atoms with Crippen LogP contribution in [0.25, 0.3) is 0 Å². The topological polar surface area (TPSA) is 111 Å². The zero-order chi connectivity index (χ0) is 18.2. The van der Waals surface area contributed by atoms with E-state index in [0.717, 1.165) is 23.1 Å². The first-order valence-electron chi connectivity index (χ1n) is 7.28. The molecule has 0 unspecified atom stereocenters. The zero-order valence-corrected chi connectivity index (χ0v) is 13.9. The third-order valence-electron chi connectivity index (χ3n) is 3.06. The second kappa shape index (κ2) is 8.78. The highest BCUT2D eigenvalue weighted by Gasteiger charge is 2.15. The Balaban J connectivity index is 1.70. The molecule has 0 spiro atoms. The summed E-state index contributed by atoms with van der Waals surface area (Å²) in [6, 6.07) is 6.34. The van der Waals surface area contributed by atoms with Crippen LogP contribution in [0, 0.1) is 5.82 Å². The van der Waals surface area contributed by atoms with Crippen LogP contribution in [0.15, 0.2) is 35.7 Å². The fourth-order valence-electron chi connectivity index (χ4n) is 1.89. The molecule has 1 aromatic carbocycles. The lowest BCUT2D eigenvalue weighted by molar-refractivity contribution is -0.123. The number of carbonyl (C=O) groups is 3. The Hall–Kier alpha value is -2.94. The number of hydrogen-bond donors (Lipinski definition) is 3. The number of imide groups is 1. The Bertz CT molecular complexity index is 765. The fraction of sp³-hybridized carbons (Fsp3) is 0.188. The van der Waals surface area contributed by atoms with Crippen LogP contribution >= 0.6 is 11.3 Å². The van der Waals surface area contributed by atoms with Gasteiger partial charge in [0, 0.05) is 17.1 Å². The van der Waals surface area contributed by atoms with E-state index in [2.05, 4.69) is 5.32 Å². The maximum Gasteiger partial charge on any atom is 0.340 e. The summed E-state index contributed by atoms with van der Waals surface area (Å²) in [7, 11) is 0. The molecule has 0 aliphatic rings. The van der Waals surface area contributed by atoms with E-state index in [1.54, 1.807) is 11.3 Å². The summed E-state index contributed by atoms with van der Waals surface area (Å²) in [5.41, 5.74) is 5.34. The minimum absolute atomic E-state index is 0.0606. The van der Waals surface area contributed by atoms with Gasteiger partial charge in [-0.3, -0.25) is 10.1 Å². The number of nitrogen functional groups attached to an aromatic ring is 1. The van der Waals surface area contributed by atoms with Crippen LogP contribution in [-0.4, -0.2) is 31.1 Å². The maximum atomic E-state index is 12.9. The summed E-state index contributed by atoms with van der Waals surface area (Å²) in [5, 5.41) is 6.49. The molecule has 132 valence electrons. The van der Waals surface area contributed by atoms with Crippen molar-refractivity contribution in [2.75, 3.05) is 18.9 Å². The van der Waals surface area contributed by atoms with Gasteiger partial charge in [0.2, 0.25) is 0 Å². The predicted octanol–water partition coefficient (Wildman–Crippen LogP) is 1.69. The molecule has 1 heterocycles. The van der Waals surface area contributed by atoms with E-state index in [1.165, 1.54) is 0 Å². The molecule has 3 amide bonds. The second-order valence-electron chi connectivity index (χ2n) is 4.94. The Kier molecular flexibility index (Phi) is 6.47. The number of hydrogen-bond acceptors (Lipinski definition) is 6. The number of carbonyl (C=O) groups excluding carboxylic acids is 3. The van der Waals surface area contributed by atoms with Crippen LogP contribution in [0.5, 0.6) is 0 Å². The minimum atomic E-state index is -0.884. The van der Waals surface area contributed by atoms with Gasteiger partial charge >= 0.3 is 12.0 Å². The van der Waals surface area contributed by atoms with E-state index in [4.69, 9.17) is 10.5 Å². The van der Waals surface area contributed by atoms with E-state index in [1.807, 2.05) is 22.8 Å². The highest BCUT2D eigenvalue weighted by molar-refractivity contribution is 7.09. The molecule has 9 heteroatoms.